The van der Waals surface area contributed by atoms with Gasteiger partial charge in [-0.1, -0.05) is 166 Å². The first-order chi connectivity index (χ1) is 30.2. The molecule has 0 aliphatic carbocycles. The lowest BCUT2D eigenvalue weighted by atomic mass is 9.99. The van der Waals surface area contributed by atoms with Crippen molar-refractivity contribution in [2.45, 2.75) is 206 Å². The Hall–Kier alpha value is -1.96. The topological polar surface area (TPSA) is 216 Å². The molecule has 0 amide bonds. The van der Waals surface area contributed by atoms with Crippen LogP contribution in [0.25, 0.3) is 0 Å². The number of ether oxygens (including phenoxy) is 2. The number of hydrogen-bond donors (Lipinski definition) is 5. The van der Waals surface area contributed by atoms with Gasteiger partial charge in [0.25, 0.3) is 0 Å². The van der Waals surface area contributed by atoms with Crippen LogP contribution >= 0.6 is 15.6 Å². The van der Waals surface area contributed by atoms with E-state index in [-0.39, 0.29) is 18.9 Å². The van der Waals surface area contributed by atoms with E-state index in [1.165, 1.54) is 77.0 Å². The summed E-state index contributed by atoms with van der Waals surface area (Å²) in [6, 6.07) is 0. The SMILES string of the molecule is CCC(C)CCCCCCCCCCCCCCCCC(=O)O[C@H](COC(=O)CCC/C=C\C/C=C\C/C=C\C/C=C\CC[C@@H](O)CC)COP(=O)(O)OC[C@@H](O)COP(=O)(O)O. The van der Waals surface area contributed by atoms with E-state index >= 15 is 0 Å². The lowest BCUT2D eigenvalue weighted by Gasteiger charge is -2.20. The molecule has 63 heavy (non-hydrogen) atoms. The molecule has 2 unspecified atom stereocenters. The molecule has 0 aromatic heterocycles. The van der Waals surface area contributed by atoms with Gasteiger partial charge in [-0.15, -0.1) is 0 Å². The predicted molar refractivity (Wildman–Crippen MR) is 250 cm³/mol. The van der Waals surface area contributed by atoms with Gasteiger partial charge in [0.15, 0.2) is 6.10 Å². The fraction of sp³-hybridized carbons (Fsp3) is 0.787. The predicted octanol–water partition coefficient (Wildman–Crippen LogP) is 11.4. The summed E-state index contributed by atoms with van der Waals surface area (Å²) in [5, 5.41) is 19.3. The van der Waals surface area contributed by atoms with Crippen LogP contribution < -0.4 is 0 Å². The number of rotatable bonds is 44. The largest absolute Gasteiger partial charge is 0.472 e. The molecule has 14 nitrogen and oxygen atoms in total. The highest BCUT2D eigenvalue weighted by Crippen LogP contribution is 2.43. The Kier molecular flexibility index (Phi) is 40.2. The number of aliphatic hydroxyl groups excluding tert-OH is 2. The summed E-state index contributed by atoms with van der Waals surface area (Å²) >= 11 is 0. The van der Waals surface area contributed by atoms with E-state index in [1.54, 1.807) is 0 Å². The second-order valence-electron chi connectivity index (χ2n) is 16.4. The highest BCUT2D eigenvalue weighted by atomic mass is 31.2. The Morgan fingerprint density at radius 1 is 0.508 bits per heavy atom. The van der Waals surface area contributed by atoms with Gasteiger partial charge in [0.2, 0.25) is 0 Å². The van der Waals surface area contributed by atoms with Gasteiger partial charge in [-0.3, -0.25) is 23.2 Å². The van der Waals surface area contributed by atoms with Crippen LogP contribution in [0.5, 0.6) is 0 Å². The van der Waals surface area contributed by atoms with Gasteiger partial charge in [0.1, 0.15) is 12.7 Å². The molecule has 368 valence electrons. The fourth-order valence-corrected chi connectivity index (χ4v) is 7.39. The molecular weight excluding hydrogens is 850 g/mol. The second-order valence-corrected chi connectivity index (χ2v) is 19.1. The molecule has 0 bridgehead atoms. The summed E-state index contributed by atoms with van der Waals surface area (Å²) < 4.78 is 47.8. The van der Waals surface area contributed by atoms with Crippen LogP contribution in [-0.2, 0) is 41.8 Å². The summed E-state index contributed by atoms with van der Waals surface area (Å²) in [6.07, 6.45) is 39.0. The minimum Gasteiger partial charge on any atom is -0.462 e. The number of esters is 2. The quantitative estimate of drug-likeness (QED) is 0.0166. The maximum atomic E-state index is 12.7. The molecule has 0 radical (unpaired) electrons. The van der Waals surface area contributed by atoms with Crippen molar-refractivity contribution < 1.29 is 66.7 Å². The molecule has 0 aliphatic heterocycles. The lowest BCUT2D eigenvalue weighted by molar-refractivity contribution is -0.161. The van der Waals surface area contributed by atoms with Crippen molar-refractivity contribution in [1.29, 1.82) is 0 Å². The summed E-state index contributed by atoms with van der Waals surface area (Å²) in [5.41, 5.74) is 0. The molecule has 0 spiro atoms. The average Bonchev–Trinajstić information content (AvgIpc) is 3.24. The van der Waals surface area contributed by atoms with Gasteiger partial charge < -0.3 is 34.4 Å². The first-order valence-corrected chi connectivity index (χ1v) is 26.8. The van der Waals surface area contributed by atoms with Crippen LogP contribution in [-0.4, -0.2) is 81.6 Å². The minimum absolute atomic E-state index is 0.106. The van der Waals surface area contributed by atoms with Gasteiger partial charge in [0, 0.05) is 12.8 Å². The van der Waals surface area contributed by atoms with Gasteiger partial charge in [-0.05, 0) is 63.7 Å². The summed E-state index contributed by atoms with van der Waals surface area (Å²) in [5.74, 6) is -0.257. The normalized spacial score (nSPS) is 15.4. The van der Waals surface area contributed by atoms with E-state index in [0.717, 1.165) is 63.7 Å². The number of carbonyl (C=O) groups excluding carboxylic acids is 2. The Balaban J connectivity index is 4.55. The number of carbonyl (C=O) groups is 2. The number of aliphatic hydroxyl groups is 2. The minimum atomic E-state index is -4.87. The molecular formula is C47H86O14P2. The zero-order valence-corrected chi connectivity index (χ0v) is 40.7. The molecule has 0 fully saturated rings. The van der Waals surface area contributed by atoms with Crippen LogP contribution in [0.3, 0.4) is 0 Å². The van der Waals surface area contributed by atoms with E-state index in [0.29, 0.717) is 19.3 Å². The van der Waals surface area contributed by atoms with Crippen LogP contribution in [0.15, 0.2) is 48.6 Å². The lowest BCUT2D eigenvalue weighted by Crippen LogP contribution is -2.30. The van der Waals surface area contributed by atoms with Crippen LogP contribution in [0, 0.1) is 5.92 Å². The van der Waals surface area contributed by atoms with Gasteiger partial charge in [0.05, 0.1) is 25.9 Å². The van der Waals surface area contributed by atoms with Gasteiger partial charge in [-0.25, -0.2) is 9.13 Å². The summed E-state index contributed by atoms with van der Waals surface area (Å²) in [7, 11) is -9.70. The van der Waals surface area contributed by atoms with E-state index in [1.807, 2.05) is 19.1 Å². The molecule has 0 rings (SSSR count). The first kappa shape index (κ1) is 61.0. The van der Waals surface area contributed by atoms with Crippen molar-refractivity contribution in [1.82, 2.24) is 0 Å². The Morgan fingerprint density at radius 3 is 1.49 bits per heavy atom. The van der Waals surface area contributed by atoms with Crippen LogP contribution in [0.1, 0.15) is 188 Å². The van der Waals surface area contributed by atoms with E-state index < -0.39 is 66.2 Å². The third-order valence-electron chi connectivity index (χ3n) is 10.4. The fourth-order valence-electron chi connectivity index (χ4n) is 6.24. The molecule has 0 heterocycles. The number of hydrogen-bond acceptors (Lipinski definition) is 11. The number of phosphoric ester groups is 2. The number of phosphoric acid groups is 2. The molecule has 0 aliphatic rings. The molecule has 0 aromatic rings. The van der Waals surface area contributed by atoms with Crippen molar-refractivity contribution in [3.63, 3.8) is 0 Å². The Bertz CT molecular complexity index is 1330. The van der Waals surface area contributed by atoms with E-state index in [2.05, 4.69) is 59.4 Å². The monoisotopic (exact) mass is 937 g/mol. The van der Waals surface area contributed by atoms with E-state index in [4.69, 9.17) is 23.8 Å². The standard InChI is InChI=1S/C47H86O14P2/c1-4-42(3)34-30-26-22-18-14-10-6-8-13-17-21-25-29-33-37-47(51)61-45(41-60-63(55,56)59-39-44(49)38-58-62(52,53)54)40-57-46(50)36-32-28-24-20-16-12-9-7-11-15-19-23-27-31-35-43(48)5-2/h9,11-12,15,20,23-24,27,42-45,48-49H,4-8,10,13-14,16-19,21-22,25-26,28-41H2,1-3H3,(H,55,56)(H2,52,53,54)/b12-9-,15-11-,24-20-,27-23-/t42?,43-,44-,45+/m0/s1. The van der Waals surface area contributed by atoms with Crippen molar-refractivity contribution in [3.8, 4) is 0 Å². The summed E-state index contributed by atoms with van der Waals surface area (Å²) in [6.45, 7) is 3.79. The second kappa shape index (κ2) is 41.5. The zero-order chi connectivity index (χ0) is 46.9. The number of unbranched alkanes of at least 4 members (excludes halogenated alkanes) is 14. The highest BCUT2D eigenvalue weighted by Gasteiger charge is 2.28. The average molecular weight is 937 g/mol. The maximum Gasteiger partial charge on any atom is 0.472 e. The maximum absolute atomic E-state index is 12.7. The van der Waals surface area contributed by atoms with Crippen molar-refractivity contribution in [3.05, 3.63) is 48.6 Å². The third-order valence-corrected chi connectivity index (χ3v) is 11.9. The summed E-state index contributed by atoms with van der Waals surface area (Å²) in [4.78, 5) is 52.8. The third kappa shape index (κ3) is 45.0. The van der Waals surface area contributed by atoms with Crippen LogP contribution in [0.2, 0.25) is 0 Å². The molecule has 5 N–H and O–H groups in total. The molecule has 0 saturated heterocycles. The van der Waals surface area contributed by atoms with Gasteiger partial charge >= 0.3 is 27.6 Å². The first-order valence-electron chi connectivity index (χ1n) is 23.8. The molecule has 0 aromatic carbocycles. The molecule has 0 saturated carbocycles. The zero-order valence-electron chi connectivity index (χ0n) is 38.9. The van der Waals surface area contributed by atoms with E-state index in [9.17, 15) is 33.8 Å². The smallest absolute Gasteiger partial charge is 0.462 e. The number of allylic oxidation sites excluding steroid dienone is 8. The Labute approximate surface area is 380 Å². The molecule has 16 heteroatoms. The molecule has 5 atom stereocenters. The van der Waals surface area contributed by atoms with Crippen molar-refractivity contribution >= 4 is 27.6 Å². The Morgan fingerprint density at radius 2 is 0.968 bits per heavy atom. The van der Waals surface area contributed by atoms with Crippen molar-refractivity contribution in [2.75, 3.05) is 26.4 Å². The van der Waals surface area contributed by atoms with Gasteiger partial charge in [-0.2, -0.15) is 0 Å². The highest BCUT2D eigenvalue weighted by molar-refractivity contribution is 7.47. The van der Waals surface area contributed by atoms with Crippen LogP contribution in [0.4, 0.5) is 0 Å². The van der Waals surface area contributed by atoms with Crippen molar-refractivity contribution in [2.24, 2.45) is 5.92 Å².